The standard InChI is InChI=1S/C25H18Cl4F2N2O2/c1-12(30)17-10-13(2-8-19(17)26)21-22(25(21,28)29)24(35)33-16-7-9-20(27)18(11-16)23(34)32-15-5-3-14(31)4-6-15/h2-12,21-22H,1H3,(H,32,34)(H,33,35). The van der Waals surface area contributed by atoms with E-state index in [0.29, 0.717) is 16.9 Å². The zero-order chi connectivity index (χ0) is 25.5. The van der Waals surface area contributed by atoms with Crippen LogP contribution in [0.5, 0.6) is 0 Å². The van der Waals surface area contributed by atoms with Gasteiger partial charge in [-0.1, -0.05) is 35.3 Å². The van der Waals surface area contributed by atoms with Gasteiger partial charge in [0.05, 0.1) is 16.5 Å². The minimum atomic E-state index is -1.40. The Morgan fingerprint density at radius 2 is 1.54 bits per heavy atom. The molecule has 4 rings (SSSR count). The molecule has 2 N–H and O–H groups in total. The first-order chi connectivity index (χ1) is 16.5. The summed E-state index contributed by atoms with van der Waals surface area (Å²) in [5.41, 5.74) is 1.65. The molecule has 3 atom stereocenters. The van der Waals surface area contributed by atoms with Crippen molar-refractivity contribution < 1.29 is 18.4 Å². The Balaban J connectivity index is 1.50. The monoisotopic (exact) mass is 556 g/mol. The lowest BCUT2D eigenvalue weighted by Crippen LogP contribution is -2.18. The minimum Gasteiger partial charge on any atom is -0.326 e. The Morgan fingerprint density at radius 3 is 2.20 bits per heavy atom. The van der Waals surface area contributed by atoms with E-state index >= 15 is 0 Å². The molecule has 3 aromatic rings. The van der Waals surface area contributed by atoms with E-state index in [2.05, 4.69) is 10.6 Å². The number of nitrogens with one attached hydrogen (secondary N) is 2. The third-order valence-corrected chi connectivity index (χ3v) is 7.34. The maximum atomic E-state index is 13.9. The van der Waals surface area contributed by atoms with E-state index in [-0.39, 0.29) is 21.2 Å². The summed E-state index contributed by atoms with van der Waals surface area (Å²) in [6, 6.07) is 14.4. The second-order valence-corrected chi connectivity index (χ2v) is 10.4. The van der Waals surface area contributed by atoms with Gasteiger partial charge in [-0.3, -0.25) is 9.59 Å². The van der Waals surface area contributed by atoms with Crippen molar-refractivity contribution in [3.63, 3.8) is 0 Å². The fourth-order valence-corrected chi connectivity index (χ4v) is 5.16. The van der Waals surface area contributed by atoms with Crippen LogP contribution in [0.4, 0.5) is 20.2 Å². The number of hydrogen-bond acceptors (Lipinski definition) is 2. The average molecular weight is 558 g/mol. The molecule has 1 saturated carbocycles. The Bertz CT molecular complexity index is 1300. The molecule has 10 heteroatoms. The number of amides is 2. The van der Waals surface area contributed by atoms with E-state index in [9.17, 15) is 18.4 Å². The SMILES string of the molecule is CC(F)c1cc(C2C(C(=O)Nc3ccc(Cl)c(C(=O)Nc4ccc(F)cc4)c3)C2(Cl)Cl)ccc1Cl. The average Bonchev–Trinajstić information content (AvgIpc) is 3.38. The van der Waals surface area contributed by atoms with Crippen molar-refractivity contribution in [1.82, 2.24) is 0 Å². The van der Waals surface area contributed by atoms with Gasteiger partial charge in [0.15, 0.2) is 0 Å². The predicted octanol–water partition coefficient (Wildman–Crippen LogP) is 7.94. The molecule has 0 radical (unpaired) electrons. The van der Waals surface area contributed by atoms with Crippen LogP contribution >= 0.6 is 46.4 Å². The molecule has 1 fully saturated rings. The van der Waals surface area contributed by atoms with Crippen molar-refractivity contribution in [2.24, 2.45) is 5.92 Å². The van der Waals surface area contributed by atoms with E-state index in [1.165, 1.54) is 49.4 Å². The molecule has 0 spiro atoms. The first kappa shape index (κ1) is 25.7. The minimum absolute atomic E-state index is 0.100. The number of carbonyl (C=O) groups is 2. The highest BCUT2D eigenvalue weighted by Crippen LogP contribution is 2.65. The van der Waals surface area contributed by atoms with Crippen LogP contribution < -0.4 is 10.6 Å². The topological polar surface area (TPSA) is 58.2 Å². The van der Waals surface area contributed by atoms with Gasteiger partial charge in [-0.15, -0.1) is 23.2 Å². The van der Waals surface area contributed by atoms with E-state index in [1.54, 1.807) is 18.2 Å². The molecule has 0 aromatic heterocycles. The van der Waals surface area contributed by atoms with Gasteiger partial charge in [-0.2, -0.15) is 0 Å². The summed E-state index contributed by atoms with van der Waals surface area (Å²) in [6.07, 6.45) is -1.30. The third-order valence-electron chi connectivity index (χ3n) is 5.72. The summed E-state index contributed by atoms with van der Waals surface area (Å²) in [6.45, 7) is 1.36. The molecule has 0 heterocycles. The van der Waals surface area contributed by atoms with Gasteiger partial charge in [0, 0.05) is 27.9 Å². The van der Waals surface area contributed by atoms with Gasteiger partial charge in [-0.25, -0.2) is 8.78 Å². The van der Waals surface area contributed by atoms with Crippen LogP contribution in [0.25, 0.3) is 0 Å². The lowest BCUT2D eigenvalue weighted by atomic mass is 10.0. The molecule has 2 amide bonds. The van der Waals surface area contributed by atoms with Gasteiger partial charge in [0.2, 0.25) is 5.91 Å². The summed E-state index contributed by atoms with van der Waals surface area (Å²) in [4.78, 5) is 25.7. The highest BCUT2D eigenvalue weighted by Gasteiger charge is 2.67. The van der Waals surface area contributed by atoms with E-state index < -0.39 is 40.0 Å². The first-order valence-electron chi connectivity index (χ1n) is 10.5. The molecule has 0 saturated heterocycles. The predicted molar refractivity (Wildman–Crippen MR) is 136 cm³/mol. The quantitative estimate of drug-likeness (QED) is 0.302. The Kier molecular flexibility index (Phi) is 7.30. The van der Waals surface area contributed by atoms with Crippen LogP contribution in [0.15, 0.2) is 60.7 Å². The van der Waals surface area contributed by atoms with Crippen LogP contribution in [-0.4, -0.2) is 16.1 Å². The maximum Gasteiger partial charge on any atom is 0.257 e. The zero-order valence-electron chi connectivity index (χ0n) is 18.1. The van der Waals surface area contributed by atoms with Crippen LogP contribution in [0.2, 0.25) is 10.0 Å². The van der Waals surface area contributed by atoms with Crippen molar-refractivity contribution in [2.75, 3.05) is 10.6 Å². The van der Waals surface area contributed by atoms with Gasteiger partial charge in [0.25, 0.3) is 5.91 Å². The number of benzene rings is 3. The molecule has 3 aromatic carbocycles. The van der Waals surface area contributed by atoms with Crippen molar-refractivity contribution >= 4 is 69.6 Å². The summed E-state index contributed by atoms with van der Waals surface area (Å²) in [5.74, 6) is -2.85. The maximum absolute atomic E-state index is 13.9. The van der Waals surface area contributed by atoms with Crippen LogP contribution in [0.1, 0.15) is 40.5 Å². The fourth-order valence-electron chi connectivity index (χ4n) is 3.86. The third kappa shape index (κ3) is 5.41. The molecule has 35 heavy (non-hydrogen) atoms. The van der Waals surface area contributed by atoms with Crippen LogP contribution in [0, 0.1) is 11.7 Å². The normalized spacial score (nSPS) is 19.1. The number of carbonyl (C=O) groups excluding carboxylic acids is 2. The molecule has 182 valence electrons. The van der Waals surface area contributed by atoms with Crippen molar-refractivity contribution in [3.05, 3.63) is 93.2 Å². The summed E-state index contributed by atoms with van der Waals surface area (Å²) in [5, 5.41) is 5.75. The van der Waals surface area contributed by atoms with Gasteiger partial charge in [-0.05, 0) is 61.0 Å². The number of halogens is 6. The van der Waals surface area contributed by atoms with Crippen molar-refractivity contribution in [3.8, 4) is 0 Å². The number of alkyl halides is 3. The number of anilines is 2. The number of rotatable bonds is 6. The van der Waals surface area contributed by atoms with Crippen molar-refractivity contribution in [1.29, 1.82) is 0 Å². The molecule has 4 nitrogen and oxygen atoms in total. The second kappa shape index (κ2) is 9.94. The fraction of sp³-hybridized carbons (Fsp3) is 0.200. The van der Waals surface area contributed by atoms with Crippen LogP contribution in [-0.2, 0) is 4.79 Å². The highest BCUT2D eigenvalue weighted by atomic mass is 35.5. The van der Waals surface area contributed by atoms with Crippen molar-refractivity contribution in [2.45, 2.75) is 23.3 Å². The van der Waals surface area contributed by atoms with E-state index in [0.717, 1.165) is 0 Å². The summed E-state index contributed by atoms with van der Waals surface area (Å²) < 4.78 is 25.6. The molecule has 3 unspecified atom stereocenters. The van der Waals surface area contributed by atoms with E-state index in [4.69, 9.17) is 46.4 Å². The van der Waals surface area contributed by atoms with E-state index in [1.807, 2.05) is 0 Å². The molecular formula is C25H18Cl4F2N2O2. The first-order valence-corrected chi connectivity index (χ1v) is 12.0. The Labute approximate surface area is 220 Å². The summed E-state index contributed by atoms with van der Waals surface area (Å²) in [7, 11) is 0. The van der Waals surface area contributed by atoms with Gasteiger partial charge < -0.3 is 10.6 Å². The molecule has 0 aliphatic heterocycles. The second-order valence-electron chi connectivity index (χ2n) is 8.17. The molecule has 1 aliphatic rings. The van der Waals surface area contributed by atoms with Gasteiger partial charge >= 0.3 is 0 Å². The summed E-state index contributed by atoms with van der Waals surface area (Å²) >= 11 is 25.1. The highest BCUT2D eigenvalue weighted by molar-refractivity contribution is 6.53. The zero-order valence-corrected chi connectivity index (χ0v) is 21.1. The molecule has 0 bridgehead atoms. The Morgan fingerprint density at radius 1 is 0.914 bits per heavy atom. The smallest absolute Gasteiger partial charge is 0.257 e. The lowest BCUT2D eigenvalue weighted by molar-refractivity contribution is -0.117. The van der Waals surface area contributed by atoms with Gasteiger partial charge in [0.1, 0.15) is 16.3 Å². The largest absolute Gasteiger partial charge is 0.326 e. The molecule has 1 aliphatic carbocycles. The number of hydrogen-bond donors (Lipinski definition) is 2. The van der Waals surface area contributed by atoms with Crippen LogP contribution in [0.3, 0.4) is 0 Å². The molecular weight excluding hydrogens is 540 g/mol. The lowest BCUT2D eigenvalue weighted by Gasteiger charge is -2.11. The Hall–Kier alpha value is -2.38.